The minimum Gasteiger partial charge on any atom is -0.449 e. The summed E-state index contributed by atoms with van der Waals surface area (Å²) in [5, 5.41) is 7.71. The highest BCUT2D eigenvalue weighted by Gasteiger charge is 2.19. The van der Waals surface area contributed by atoms with Crippen molar-refractivity contribution in [2.75, 3.05) is 5.32 Å². The largest absolute Gasteiger partial charge is 0.449 e. The van der Waals surface area contributed by atoms with Crippen molar-refractivity contribution in [3.8, 4) is 0 Å². The van der Waals surface area contributed by atoms with Gasteiger partial charge in [0.25, 0.3) is 5.91 Å². The number of hydrogen-bond donors (Lipinski definition) is 2. The molecule has 8 nitrogen and oxygen atoms in total. The Morgan fingerprint density at radius 1 is 1.20 bits per heavy atom. The van der Waals surface area contributed by atoms with E-state index in [0.29, 0.717) is 5.69 Å². The maximum Gasteiger partial charge on any atom is 0.340 e. The smallest absolute Gasteiger partial charge is 0.340 e. The number of ether oxygens (including phenoxy) is 1. The number of primary sulfonamides is 1. The molecule has 0 saturated carbocycles. The Bertz CT molecular complexity index is 882. The molecule has 0 aliphatic carbocycles. The molecule has 132 valence electrons. The van der Waals surface area contributed by atoms with Gasteiger partial charge in [0.15, 0.2) is 6.10 Å². The minimum atomic E-state index is -3.81. The van der Waals surface area contributed by atoms with E-state index >= 15 is 0 Å². The third-order valence-corrected chi connectivity index (χ3v) is 4.22. The number of rotatable bonds is 5. The number of benzene rings is 1. The fourth-order valence-electron chi connectivity index (χ4n) is 1.75. The Balaban J connectivity index is 1.98. The summed E-state index contributed by atoms with van der Waals surface area (Å²) in [4.78, 5) is 27.6. The number of aromatic nitrogens is 1. The molecule has 1 aromatic heterocycles. The molecular formula is C15H14ClN3O5S. The summed E-state index contributed by atoms with van der Waals surface area (Å²) in [7, 11) is -3.81. The summed E-state index contributed by atoms with van der Waals surface area (Å²) < 4.78 is 27.4. The lowest BCUT2D eigenvalue weighted by Crippen LogP contribution is -2.30. The number of nitrogens with one attached hydrogen (secondary N) is 1. The van der Waals surface area contributed by atoms with Crippen molar-refractivity contribution in [1.29, 1.82) is 0 Å². The molecule has 0 aliphatic heterocycles. The first kappa shape index (κ1) is 18.8. The summed E-state index contributed by atoms with van der Waals surface area (Å²) >= 11 is 5.63. The van der Waals surface area contributed by atoms with Gasteiger partial charge in [-0.1, -0.05) is 11.6 Å². The van der Waals surface area contributed by atoms with Crippen LogP contribution in [-0.4, -0.2) is 31.4 Å². The van der Waals surface area contributed by atoms with Gasteiger partial charge in [-0.25, -0.2) is 23.3 Å². The van der Waals surface area contributed by atoms with E-state index in [2.05, 4.69) is 10.3 Å². The third-order valence-electron chi connectivity index (χ3n) is 3.07. The van der Waals surface area contributed by atoms with Crippen molar-refractivity contribution >= 4 is 39.2 Å². The first-order valence-electron chi connectivity index (χ1n) is 6.93. The van der Waals surface area contributed by atoms with Gasteiger partial charge in [-0.2, -0.15) is 0 Å². The number of anilines is 1. The van der Waals surface area contributed by atoms with Gasteiger partial charge < -0.3 is 10.1 Å². The molecular weight excluding hydrogens is 370 g/mol. The van der Waals surface area contributed by atoms with Crippen LogP contribution in [0.5, 0.6) is 0 Å². The van der Waals surface area contributed by atoms with E-state index in [9.17, 15) is 18.0 Å². The van der Waals surface area contributed by atoms with E-state index in [1.165, 1.54) is 49.5 Å². The second-order valence-corrected chi connectivity index (χ2v) is 6.92. The number of nitrogens with two attached hydrogens (primary N) is 1. The predicted octanol–water partition coefficient (Wildman–Crippen LogP) is 1.57. The predicted molar refractivity (Wildman–Crippen MR) is 90.6 cm³/mol. The fraction of sp³-hybridized carbons (Fsp3) is 0.133. The molecule has 2 aromatic rings. The Labute approximate surface area is 149 Å². The molecule has 0 saturated heterocycles. The highest BCUT2D eigenvalue weighted by atomic mass is 35.5. The molecule has 1 aromatic carbocycles. The fourth-order valence-corrected chi connectivity index (χ4v) is 2.38. The summed E-state index contributed by atoms with van der Waals surface area (Å²) in [5.74, 6) is -1.31. The van der Waals surface area contributed by atoms with Crippen molar-refractivity contribution in [3.05, 3.63) is 53.3 Å². The Morgan fingerprint density at radius 3 is 2.36 bits per heavy atom. The van der Waals surface area contributed by atoms with E-state index in [-0.39, 0.29) is 15.6 Å². The lowest BCUT2D eigenvalue weighted by molar-refractivity contribution is -0.123. The highest BCUT2D eigenvalue weighted by molar-refractivity contribution is 7.89. The van der Waals surface area contributed by atoms with Crippen molar-refractivity contribution < 1.29 is 22.7 Å². The number of esters is 1. The lowest BCUT2D eigenvalue weighted by Gasteiger charge is -2.13. The maximum atomic E-state index is 12.0. The number of hydrogen-bond acceptors (Lipinski definition) is 6. The molecule has 1 heterocycles. The Hall–Kier alpha value is -2.49. The van der Waals surface area contributed by atoms with Crippen molar-refractivity contribution in [2.24, 2.45) is 5.14 Å². The van der Waals surface area contributed by atoms with E-state index < -0.39 is 28.0 Å². The normalized spacial score (nSPS) is 12.3. The van der Waals surface area contributed by atoms with Gasteiger partial charge in [0.05, 0.1) is 10.5 Å². The Morgan fingerprint density at radius 2 is 1.84 bits per heavy atom. The van der Waals surface area contributed by atoms with Gasteiger partial charge in [-0.15, -0.1) is 0 Å². The van der Waals surface area contributed by atoms with Gasteiger partial charge in [-0.05, 0) is 43.3 Å². The molecule has 1 amide bonds. The highest BCUT2D eigenvalue weighted by Crippen LogP contribution is 2.14. The second kappa shape index (κ2) is 7.60. The van der Waals surface area contributed by atoms with E-state index in [1.54, 1.807) is 0 Å². The number of carbonyl (C=O) groups is 2. The van der Waals surface area contributed by atoms with E-state index in [1.807, 2.05) is 0 Å². The van der Waals surface area contributed by atoms with Crippen LogP contribution in [0, 0.1) is 0 Å². The van der Waals surface area contributed by atoms with Crippen molar-refractivity contribution in [3.63, 3.8) is 0 Å². The van der Waals surface area contributed by atoms with Crippen molar-refractivity contribution in [2.45, 2.75) is 17.9 Å². The quantitative estimate of drug-likeness (QED) is 0.595. The third kappa shape index (κ3) is 5.24. The van der Waals surface area contributed by atoms with Crippen LogP contribution in [-0.2, 0) is 19.6 Å². The zero-order valence-electron chi connectivity index (χ0n) is 13.0. The molecule has 0 bridgehead atoms. The number of nitrogens with zero attached hydrogens (tertiary/aromatic N) is 1. The van der Waals surface area contributed by atoms with Gasteiger partial charge >= 0.3 is 5.97 Å². The van der Waals surface area contributed by atoms with E-state index in [0.717, 1.165) is 0 Å². The van der Waals surface area contributed by atoms with Crippen LogP contribution in [0.2, 0.25) is 5.15 Å². The number of carbonyl (C=O) groups excluding carboxylic acids is 2. The summed E-state index contributed by atoms with van der Waals surface area (Å²) in [6.07, 6.45) is 0.155. The average molecular weight is 384 g/mol. The molecule has 10 heteroatoms. The van der Waals surface area contributed by atoms with Gasteiger partial charge in [-0.3, -0.25) is 4.79 Å². The molecule has 3 N–H and O–H groups in total. The molecule has 0 aliphatic rings. The topological polar surface area (TPSA) is 128 Å². The van der Waals surface area contributed by atoms with Gasteiger partial charge in [0.2, 0.25) is 10.0 Å². The zero-order chi connectivity index (χ0) is 18.6. The van der Waals surface area contributed by atoms with Gasteiger partial charge in [0, 0.05) is 11.9 Å². The summed E-state index contributed by atoms with van der Waals surface area (Å²) in [6.45, 7) is 1.40. The van der Waals surface area contributed by atoms with E-state index in [4.69, 9.17) is 21.5 Å². The number of pyridine rings is 1. The zero-order valence-corrected chi connectivity index (χ0v) is 14.5. The number of halogens is 1. The molecule has 0 radical (unpaired) electrons. The Kier molecular flexibility index (Phi) is 5.73. The maximum absolute atomic E-state index is 12.0. The molecule has 25 heavy (non-hydrogen) atoms. The number of sulfonamides is 1. The molecule has 0 spiro atoms. The molecule has 0 fully saturated rings. The van der Waals surface area contributed by atoms with Crippen LogP contribution in [0.15, 0.2) is 47.5 Å². The molecule has 1 atom stereocenters. The SMILES string of the molecule is C[C@H](OC(=O)c1ccc(Cl)nc1)C(=O)Nc1ccc(S(N)(=O)=O)cc1. The average Bonchev–Trinajstić information content (AvgIpc) is 2.55. The number of amides is 1. The summed E-state index contributed by atoms with van der Waals surface area (Å²) in [6, 6.07) is 8.09. The first-order chi connectivity index (χ1) is 11.7. The van der Waals surface area contributed by atoms with Gasteiger partial charge in [0.1, 0.15) is 5.15 Å². The van der Waals surface area contributed by atoms with Crippen LogP contribution in [0.25, 0.3) is 0 Å². The lowest BCUT2D eigenvalue weighted by atomic mass is 10.2. The second-order valence-electron chi connectivity index (χ2n) is 4.98. The first-order valence-corrected chi connectivity index (χ1v) is 8.85. The monoisotopic (exact) mass is 383 g/mol. The molecule has 2 rings (SSSR count). The van der Waals surface area contributed by atoms with Crippen LogP contribution >= 0.6 is 11.6 Å². The van der Waals surface area contributed by atoms with Crippen LogP contribution in [0.3, 0.4) is 0 Å². The van der Waals surface area contributed by atoms with Crippen LogP contribution in [0.1, 0.15) is 17.3 Å². The minimum absolute atomic E-state index is 0.0831. The summed E-state index contributed by atoms with van der Waals surface area (Å²) in [5.41, 5.74) is 0.481. The molecule has 0 unspecified atom stereocenters. The van der Waals surface area contributed by atoms with Crippen molar-refractivity contribution in [1.82, 2.24) is 4.98 Å². The standard InChI is InChI=1S/C15H14ClN3O5S/c1-9(24-15(21)10-2-7-13(16)18-8-10)14(20)19-11-3-5-12(6-4-11)25(17,22)23/h2-9H,1H3,(H,19,20)(H2,17,22,23)/t9-/m0/s1. The van der Waals surface area contributed by atoms with Crippen LogP contribution in [0.4, 0.5) is 5.69 Å². The van der Waals surface area contributed by atoms with Crippen LogP contribution < -0.4 is 10.5 Å².